The summed E-state index contributed by atoms with van der Waals surface area (Å²) in [7, 11) is 0. The Morgan fingerprint density at radius 1 is 1.36 bits per heavy atom. The number of rotatable bonds is 2. The summed E-state index contributed by atoms with van der Waals surface area (Å²) >= 11 is 8.72. The van der Waals surface area contributed by atoms with Crippen LogP contribution in [0.3, 0.4) is 0 Å². The molecule has 4 rings (SSSR count). The number of benzene rings is 1. The smallest absolute Gasteiger partial charge is 0.287 e. The zero-order valence-corrected chi connectivity index (χ0v) is 13.7. The minimum Gasteiger partial charge on any atom is -0.409 e. The first-order chi connectivity index (χ1) is 10.6. The van der Waals surface area contributed by atoms with Gasteiger partial charge in [0.25, 0.3) is 4.84 Å². The van der Waals surface area contributed by atoms with E-state index in [1.807, 2.05) is 24.3 Å². The van der Waals surface area contributed by atoms with Gasteiger partial charge in [0.2, 0.25) is 12.2 Å². The molecule has 3 atom stereocenters. The van der Waals surface area contributed by atoms with Crippen LogP contribution in [0.25, 0.3) is 11.5 Å². The molecule has 0 N–H and O–H groups in total. The highest BCUT2D eigenvalue weighted by Crippen LogP contribution is 2.34. The first kappa shape index (κ1) is 14.3. The molecular formula is C14H11BrN2O4S. The maximum absolute atomic E-state index is 11.9. The summed E-state index contributed by atoms with van der Waals surface area (Å²) in [6, 6.07) is 7.28. The quantitative estimate of drug-likeness (QED) is 0.743. The Kier molecular flexibility index (Phi) is 3.48. The molecule has 6 nitrogen and oxygen atoms in total. The van der Waals surface area contributed by atoms with Gasteiger partial charge in [-0.05, 0) is 40.3 Å². The van der Waals surface area contributed by atoms with Gasteiger partial charge in [0, 0.05) is 10.9 Å². The molecule has 22 heavy (non-hydrogen) atoms. The van der Waals surface area contributed by atoms with Crippen molar-refractivity contribution in [2.75, 3.05) is 6.61 Å². The number of carbonyl (C=O) groups is 1. The van der Waals surface area contributed by atoms with Crippen molar-refractivity contribution in [2.24, 2.45) is 0 Å². The topological polar surface area (TPSA) is 66.5 Å². The molecule has 1 aromatic carbocycles. The standard InChI is InChI=1S/C14H11BrN2O4S/c15-8-4-2-1-3-7(8)12-16-17(14(22)21-12)9-5-10(18)13-19-6-11(9)20-13/h1-4,9,11,13H,5-6H2/t9-,11+,13+/m1/s1. The zero-order chi connectivity index (χ0) is 15.3. The van der Waals surface area contributed by atoms with Crippen LogP contribution >= 0.6 is 28.1 Å². The molecule has 114 valence electrons. The average Bonchev–Trinajstić information content (AvgIpc) is 3.09. The second kappa shape index (κ2) is 5.38. The number of Topliss-reactive ketones (excluding diaryl/α,β-unsaturated/α-hetero) is 1. The third kappa shape index (κ3) is 2.26. The minimum atomic E-state index is -0.731. The Hall–Kier alpha value is -1.35. The summed E-state index contributed by atoms with van der Waals surface area (Å²) in [5, 5.41) is 4.44. The molecule has 0 radical (unpaired) electrons. The molecule has 2 bridgehead atoms. The fraction of sp³-hybridized carbons (Fsp3) is 0.357. The Bertz CT molecular complexity index is 802. The highest BCUT2D eigenvalue weighted by molar-refractivity contribution is 9.10. The Morgan fingerprint density at radius 3 is 3.00 bits per heavy atom. The predicted octanol–water partition coefficient (Wildman–Crippen LogP) is 2.89. The van der Waals surface area contributed by atoms with Crippen molar-refractivity contribution in [1.82, 2.24) is 9.78 Å². The number of hydrogen-bond acceptors (Lipinski definition) is 6. The molecule has 3 heterocycles. The van der Waals surface area contributed by atoms with Crippen LogP contribution in [0.2, 0.25) is 0 Å². The summed E-state index contributed by atoms with van der Waals surface area (Å²) < 4.78 is 18.9. The van der Waals surface area contributed by atoms with E-state index in [0.717, 1.165) is 10.0 Å². The van der Waals surface area contributed by atoms with Crippen molar-refractivity contribution >= 4 is 33.9 Å². The molecule has 8 heteroatoms. The Labute approximate surface area is 139 Å². The predicted molar refractivity (Wildman–Crippen MR) is 81.7 cm³/mol. The van der Waals surface area contributed by atoms with Gasteiger partial charge < -0.3 is 13.9 Å². The number of ether oxygens (including phenoxy) is 2. The monoisotopic (exact) mass is 382 g/mol. The first-order valence-electron chi connectivity index (χ1n) is 6.78. The Morgan fingerprint density at radius 2 is 2.18 bits per heavy atom. The highest BCUT2D eigenvalue weighted by atomic mass is 79.9. The molecule has 0 aliphatic carbocycles. The van der Waals surface area contributed by atoms with Crippen molar-refractivity contribution in [1.29, 1.82) is 0 Å². The van der Waals surface area contributed by atoms with Gasteiger partial charge >= 0.3 is 0 Å². The third-order valence-corrected chi connectivity index (χ3v) is 4.76. The molecule has 2 fully saturated rings. The van der Waals surface area contributed by atoms with Crippen molar-refractivity contribution in [2.45, 2.75) is 24.9 Å². The van der Waals surface area contributed by atoms with Gasteiger partial charge in [0.1, 0.15) is 6.10 Å². The molecule has 2 aromatic rings. The van der Waals surface area contributed by atoms with E-state index in [1.54, 1.807) is 4.68 Å². The third-order valence-electron chi connectivity index (χ3n) is 3.80. The summed E-state index contributed by atoms with van der Waals surface area (Å²) in [6.07, 6.45) is -0.678. The lowest BCUT2D eigenvalue weighted by molar-refractivity contribution is -0.156. The lowest BCUT2D eigenvalue weighted by Gasteiger charge is -2.25. The number of carbonyl (C=O) groups excluding carboxylic acids is 1. The van der Waals surface area contributed by atoms with E-state index in [-0.39, 0.29) is 29.2 Å². The van der Waals surface area contributed by atoms with E-state index in [0.29, 0.717) is 12.5 Å². The van der Waals surface area contributed by atoms with E-state index >= 15 is 0 Å². The van der Waals surface area contributed by atoms with Crippen LogP contribution in [0.15, 0.2) is 33.2 Å². The molecular weight excluding hydrogens is 372 g/mol. The van der Waals surface area contributed by atoms with Gasteiger partial charge in [-0.15, -0.1) is 5.10 Å². The van der Waals surface area contributed by atoms with Crippen molar-refractivity contribution in [3.05, 3.63) is 33.6 Å². The number of aromatic nitrogens is 2. The summed E-state index contributed by atoms with van der Waals surface area (Å²) in [6.45, 7) is 0.361. The van der Waals surface area contributed by atoms with Gasteiger partial charge in [0.15, 0.2) is 5.78 Å². The largest absolute Gasteiger partial charge is 0.409 e. The SMILES string of the molecule is O=C1C[C@@H](n2nc(-c3ccccc3Br)oc2=S)[C@@H]2CO[C@H]1O2. The zero-order valence-electron chi connectivity index (χ0n) is 11.3. The van der Waals surface area contributed by atoms with Crippen LogP contribution in [-0.2, 0) is 14.3 Å². The number of halogens is 1. The maximum Gasteiger partial charge on any atom is 0.287 e. The molecule has 0 amide bonds. The van der Waals surface area contributed by atoms with Gasteiger partial charge in [-0.3, -0.25) is 4.79 Å². The molecule has 0 saturated carbocycles. The summed E-state index contributed by atoms with van der Waals surface area (Å²) in [5.74, 6) is 0.317. The fourth-order valence-electron chi connectivity index (χ4n) is 2.71. The van der Waals surface area contributed by atoms with Gasteiger partial charge in [0.05, 0.1) is 18.2 Å². The van der Waals surface area contributed by atoms with Crippen molar-refractivity contribution in [3.8, 4) is 11.5 Å². The lowest BCUT2D eigenvalue weighted by Crippen LogP contribution is -2.37. The fourth-order valence-corrected chi connectivity index (χ4v) is 3.42. The van der Waals surface area contributed by atoms with Crippen LogP contribution in [-0.4, -0.2) is 34.6 Å². The summed E-state index contributed by atoms with van der Waals surface area (Å²) in [4.78, 5) is 12.1. The van der Waals surface area contributed by atoms with Crippen LogP contribution in [0, 0.1) is 4.84 Å². The normalized spacial score (nSPS) is 27.3. The van der Waals surface area contributed by atoms with Crippen LogP contribution in [0.1, 0.15) is 12.5 Å². The second-order valence-electron chi connectivity index (χ2n) is 5.18. The van der Waals surface area contributed by atoms with Gasteiger partial charge in [-0.1, -0.05) is 12.1 Å². The minimum absolute atomic E-state index is 0.0916. The van der Waals surface area contributed by atoms with E-state index in [4.69, 9.17) is 26.1 Å². The Balaban J connectivity index is 1.73. The van der Waals surface area contributed by atoms with Gasteiger partial charge in [-0.2, -0.15) is 0 Å². The van der Waals surface area contributed by atoms with Crippen molar-refractivity contribution < 1.29 is 18.7 Å². The van der Waals surface area contributed by atoms with Crippen molar-refractivity contribution in [3.63, 3.8) is 0 Å². The highest BCUT2D eigenvalue weighted by Gasteiger charge is 2.45. The lowest BCUT2D eigenvalue weighted by atomic mass is 10.0. The summed E-state index contributed by atoms with van der Waals surface area (Å²) in [5.41, 5.74) is 0.802. The van der Waals surface area contributed by atoms with E-state index in [1.165, 1.54) is 0 Å². The number of ketones is 1. The van der Waals surface area contributed by atoms with E-state index < -0.39 is 6.29 Å². The van der Waals surface area contributed by atoms with Crippen LogP contribution in [0.5, 0.6) is 0 Å². The number of nitrogens with zero attached hydrogens (tertiary/aromatic N) is 2. The van der Waals surface area contributed by atoms with Crippen LogP contribution in [0.4, 0.5) is 0 Å². The number of fused-ring (bicyclic) bond motifs is 2. The maximum atomic E-state index is 11.9. The molecule has 0 spiro atoms. The molecule has 2 aliphatic rings. The van der Waals surface area contributed by atoms with E-state index in [2.05, 4.69) is 21.0 Å². The molecule has 1 aromatic heterocycles. The van der Waals surface area contributed by atoms with Gasteiger partial charge in [-0.25, -0.2) is 4.68 Å². The second-order valence-corrected chi connectivity index (χ2v) is 6.38. The first-order valence-corrected chi connectivity index (χ1v) is 7.98. The average molecular weight is 383 g/mol. The van der Waals surface area contributed by atoms with Crippen LogP contribution < -0.4 is 0 Å². The molecule has 2 saturated heterocycles. The molecule has 0 unspecified atom stereocenters. The van der Waals surface area contributed by atoms with E-state index in [9.17, 15) is 4.79 Å². The molecule has 2 aliphatic heterocycles. The number of hydrogen-bond donors (Lipinski definition) is 0.